The zero-order chi connectivity index (χ0) is 13.4. The molecule has 1 heterocycles. The average molecular weight is 279 g/mol. The van der Waals surface area contributed by atoms with Crippen LogP contribution in [0.25, 0.3) is 5.69 Å². The van der Waals surface area contributed by atoms with Crippen LogP contribution in [-0.4, -0.2) is 22.0 Å². The van der Waals surface area contributed by atoms with Gasteiger partial charge in [0.2, 0.25) is 0 Å². The summed E-state index contributed by atoms with van der Waals surface area (Å²) in [5.74, 6) is 1.20. The van der Waals surface area contributed by atoms with Gasteiger partial charge in [-0.05, 0) is 25.0 Å². The second-order valence-electron chi connectivity index (χ2n) is 4.70. The molecule has 1 fully saturated rings. The highest BCUT2D eigenvalue weighted by Crippen LogP contribution is 2.43. The number of aromatic nitrogens is 2. The maximum absolute atomic E-state index is 9.47. The Hall–Kier alpha value is -1.52. The molecule has 1 aliphatic carbocycles. The molecule has 1 aromatic carbocycles. The van der Waals surface area contributed by atoms with Crippen LogP contribution in [0.4, 0.5) is 0 Å². The molecule has 0 spiro atoms. The Balaban J connectivity index is 2.08. The van der Waals surface area contributed by atoms with Crippen LogP contribution < -0.4 is 4.74 Å². The zero-order valence-corrected chi connectivity index (χ0v) is 11.4. The zero-order valence-electron chi connectivity index (χ0n) is 10.6. The molecule has 3 rings (SSSR count). The van der Waals surface area contributed by atoms with Gasteiger partial charge in [0.25, 0.3) is 0 Å². The van der Waals surface area contributed by atoms with Crippen molar-refractivity contribution in [2.45, 2.75) is 25.4 Å². The van der Waals surface area contributed by atoms with E-state index >= 15 is 0 Å². The number of methoxy groups -OCH3 is 1. The van der Waals surface area contributed by atoms with Crippen molar-refractivity contribution in [1.29, 1.82) is 0 Å². The molecule has 2 aromatic rings. The van der Waals surface area contributed by atoms with Crippen LogP contribution in [0.1, 0.15) is 30.0 Å². The Morgan fingerprint density at radius 1 is 1.47 bits per heavy atom. The van der Waals surface area contributed by atoms with Gasteiger partial charge < -0.3 is 9.84 Å². The van der Waals surface area contributed by atoms with E-state index in [4.69, 9.17) is 16.3 Å². The van der Waals surface area contributed by atoms with Gasteiger partial charge >= 0.3 is 0 Å². The fourth-order valence-electron chi connectivity index (χ4n) is 2.19. The number of halogens is 1. The second-order valence-corrected chi connectivity index (χ2v) is 5.06. The Morgan fingerprint density at radius 3 is 2.89 bits per heavy atom. The van der Waals surface area contributed by atoms with Crippen molar-refractivity contribution in [1.82, 2.24) is 9.78 Å². The molecule has 1 N–H and O–H groups in total. The topological polar surface area (TPSA) is 47.3 Å². The molecule has 0 unspecified atom stereocenters. The van der Waals surface area contributed by atoms with Crippen LogP contribution in [0.3, 0.4) is 0 Å². The van der Waals surface area contributed by atoms with Crippen LogP contribution in [0.15, 0.2) is 24.3 Å². The summed E-state index contributed by atoms with van der Waals surface area (Å²) in [5.41, 5.74) is 2.51. The number of hydrogen-bond donors (Lipinski definition) is 1. The van der Waals surface area contributed by atoms with Gasteiger partial charge in [-0.1, -0.05) is 17.7 Å². The fourth-order valence-corrected chi connectivity index (χ4v) is 2.48. The second kappa shape index (κ2) is 4.87. The summed E-state index contributed by atoms with van der Waals surface area (Å²) in [7, 11) is 1.62. The largest absolute Gasteiger partial charge is 0.497 e. The molecular weight excluding hydrogens is 264 g/mol. The van der Waals surface area contributed by atoms with E-state index < -0.39 is 0 Å². The Morgan fingerprint density at radius 2 is 2.26 bits per heavy atom. The quantitative estimate of drug-likeness (QED) is 0.935. The first-order valence-corrected chi connectivity index (χ1v) is 6.65. The van der Waals surface area contributed by atoms with E-state index in [9.17, 15) is 5.11 Å². The molecule has 1 aliphatic rings. The smallest absolute Gasteiger partial charge is 0.138 e. The molecule has 1 saturated carbocycles. The number of hydrogen-bond acceptors (Lipinski definition) is 3. The average Bonchev–Trinajstić information content (AvgIpc) is 3.23. The normalized spacial score (nSPS) is 14.7. The van der Waals surface area contributed by atoms with Gasteiger partial charge in [0.1, 0.15) is 10.9 Å². The van der Waals surface area contributed by atoms with Crippen LogP contribution in [0.5, 0.6) is 5.75 Å². The Kier molecular flexibility index (Phi) is 3.21. The molecule has 1 aromatic heterocycles. The lowest BCUT2D eigenvalue weighted by atomic mass is 10.2. The SMILES string of the molecule is COc1cccc(-n2nc(C3CC3)c(CO)c2Cl)c1. The van der Waals surface area contributed by atoms with Crippen molar-refractivity contribution in [3.8, 4) is 11.4 Å². The summed E-state index contributed by atoms with van der Waals surface area (Å²) >= 11 is 6.33. The molecular formula is C14H15ClN2O2. The predicted molar refractivity (Wildman–Crippen MR) is 73.0 cm³/mol. The third-order valence-corrected chi connectivity index (χ3v) is 3.76. The number of aliphatic hydroxyl groups is 1. The van der Waals surface area contributed by atoms with Crippen molar-refractivity contribution < 1.29 is 9.84 Å². The minimum atomic E-state index is -0.0748. The van der Waals surface area contributed by atoms with E-state index in [1.165, 1.54) is 0 Å². The first-order chi connectivity index (χ1) is 9.24. The van der Waals surface area contributed by atoms with Crippen molar-refractivity contribution in [3.63, 3.8) is 0 Å². The summed E-state index contributed by atoms with van der Waals surface area (Å²) < 4.78 is 6.88. The molecule has 0 aliphatic heterocycles. The minimum Gasteiger partial charge on any atom is -0.497 e. The minimum absolute atomic E-state index is 0.0748. The maximum atomic E-state index is 9.47. The molecule has 0 amide bonds. The summed E-state index contributed by atoms with van der Waals surface area (Å²) in [6, 6.07) is 7.55. The molecule has 0 saturated heterocycles. The van der Waals surface area contributed by atoms with Gasteiger partial charge in [0.05, 0.1) is 25.1 Å². The van der Waals surface area contributed by atoms with E-state index in [1.54, 1.807) is 11.8 Å². The maximum Gasteiger partial charge on any atom is 0.138 e. The van der Waals surface area contributed by atoms with Crippen molar-refractivity contribution >= 4 is 11.6 Å². The van der Waals surface area contributed by atoms with E-state index in [0.29, 0.717) is 11.1 Å². The third kappa shape index (κ3) is 2.22. The van der Waals surface area contributed by atoms with Gasteiger partial charge in [-0.15, -0.1) is 0 Å². The third-order valence-electron chi connectivity index (χ3n) is 3.37. The monoisotopic (exact) mass is 278 g/mol. The van der Waals surface area contributed by atoms with Gasteiger partial charge in [-0.25, -0.2) is 4.68 Å². The molecule has 4 nitrogen and oxygen atoms in total. The van der Waals surface area contributed by atoms with E-state index in [2.05, 4.69) is 5.10 Å². The number of rotatable bonds is 4. The van der Waals surface area contributed by atoms with Gasteiger partial charge in [-0.3, -0.25) is 0 Å². The molecule has 100 valence electrons. The molecule has 0 bridgehead atoms. The van der Waals surface area contributed by atoms with E-state index in [-0.39, 0.29) is 6.61 Å². The van der Waals surface area contributed by atoms with Crippen LogP contribution in [0, 0.1) is 0 Å². The summed E-state index contributed by atoms with van der Waals surface area (Å²) in [6.07, 6.45) is 2.25. The number of benzene rings is 1. The van der Waals surface area contributed by atoms with Crippen molar-refractivity contribution in [2.75, 3.05) is 7.11 Å². The number of aliphatic hydroxyl groups excluding tert-OH is 1. The molecule has 0 atom stereocenters. The van der Waals surface area contributed by atoms with Crippen molar-refractivity contribution in [2.24, 2.45) is 0 Å². The van der Waals surface area contributed by atoms with E-state index in [1.807, 2.05) is 24.3 Å². The van der Waals surface area contributed by atoms with Crippen molar-refractivity contribution in [3.05, 3.63) is 40.7 Å². The highest BCUT2D eigenvalue weighted by Gasteiger charge is 2.31. The predicted octanol–water partition coefficient (Wildman–Crippen LogP) is 2.90. The highest BCUT2D eigenvalue weighted by atomic mass is 35.5. The number of nitrogens with zero attached hydrogens (tertiary/aromatic N) is 2. The van der Waals surface area contributed by atoms with Crippen LogP contribution >= 0.6 is 11.6 Å². The lowest BCUT2D eigenvalue weighted by molar-refractivity contribution is 0.280. The first kappa shape index (κ1) is 12.5. The number of ether oxygens (including phenoxy) is 1. The Bertz CT molecular complexity index is 605. The van der Waals surface area contributed by atoms with Gasteiger partial charge in [-0.2, -0.15) is 5.10 Å². The van der Waals surface area contributed by atoms with Gasteiger partial charge in [0.15, 0.2) is 0 Å². The lowest BCUT2D eigenvalue weighted by Crippen LogP contribution is -1.97. The molecule has 19 heavy (non-hydrogen) atoms. The molecule has 5 heteroatoms. The Labute approximate surface area is 116 Å². The summed E-state index contributed by atoms with van der Waals surface area (Å²) in [5, 5.41) is 14.5. The fraction of sp³-hybridized carbons (Fsp3) is 0.357. The van der Waals surface area contributed by atoms with Crippen LogP contribution in [-0.2, 0) is 6.61 Å². The van der Waals surface area contributed by atoms with E-state index in [0.717, 1.165) is 35.5 Å². The molecule has 0 radical (unpaired) electrons. The lowest BCUT2D eigenvalue weighted by Gasteiger charge is -2.05. The first-order valence-electron chi connectivity index (χ1n) is 6.27. The highest BCUT2D eigenvalue weighted by molar-refractivity contribution is 6.30. The van der Waals surface area contributed by atoms with Crippen LogP contribution in [0.2, 0.25) is 5.15 Å². The standard InChI is InChI=1S/C14H15ClN2O2/c1-19-11-4-2-3-10(7-11)17-14(15)12(8-18)13(16-17)9-5-6-9/h2-4,7,9,18H,5-6,8H2,1H3. The van der Waals surface area contributed by atoms with Gasteiger partial charge in [0, 0.05) is 17.5 Å². The summed E-state index contributed by atoms with van der Waals surface area (Å²) in [4.78, 5) is 0. The summed E-state index contributed by atoms with van der Waals surface area (Å²) in [6.45, 7) is -0.0748.